The number of carbonyl (C=O) groups is 2. The molecule has 1 fully saturated rings. The molecule has 1 atom stereocenters. The van der Waals surface area contributed by atoms with Crippen LogP contribution in [0.5, 0.6) is 0 Å². The van der Waals surface area contributed by atoms with Gasteiger partial charge in [-0.05, 0) is 47.6 Å². The smallest absolute Gasteiger partial charge is 0.315 e. The van der Waals surface area contributed by atoms with Crippen molar-refractivity contribution >= 4 is 29.5 Å². The number of aliphatic imine (C=N–C) groups is 1. The van der Waals surface area contributed by atoms with Crippen LogP contribution in [0, 0.1) is 5.92 Å². The van der Waals surface area contributed by atoms with Crippen LogP contribution in [0.4, 0.5) is 4.79 Å². The van der Waals surface area contributed by atoms with E-state index in [-0.39, 0.29) is 11.9 Å². The molecule has 2 aromatic rings. The zero-order valence-electron chi connectivity index (χ0n) is 22.3. The number of carbonyl (C=O) groups excluding carboxylic acids is 2. The standard InChI is InChI=1S/C30H40ClN5O2/c1-2-3-16-30(18-22-8-5-4-6-9-22)27(37)36(28(32)35-30)21-24-14-12-23(13-15-24)19-33-29(38)34-20-25-10-7-11-26(31)17-25/h7,10-15,17,22H,2-6,8-9,16,18-21H2,1H3,(H2,32,35)(H2,33,34,38). The predicted octanol–water partition coefficient (Wildman–Crippen LogP) is 5.90. The Morgan fingerprint density at radius 1 is 1.05 bits per heavy atom. The normalized spacial score (nSPS) is 19.9. The van der Waals surface area contributed by atoms with Crippen LogP contribution < -0.4 is 16.4 Å². The third kappa shape index (κ3) is 7.28. The predicted molar refractivity (Wildman–Crippen MR) is 153 cm³/mol. The van der Waals surface area contributed by atoms with E-state index in [1.807, 2.05) is 42.5 Å². The van der Waals surface area contributed by atoms with Gasteiger partial charge in [-0.3, -0.25) is 9.69 Å². The van der Waals surface area contributed by atoms with Crippen LogP contribution in [0.15, 0.2) is 53.5 Å². The van der Waals surface area contributed by atoms with Crippen LogP contribution in [0.2, 0.25) is 5.02 Å². The summed E-state index contributed by atoms with van der Waals surface area (Å²) in [5.74, 6) is 0.940. The van der Waals surface area contributed by atoms with Crippen LogP contribution >= 0.6 is 11.6 Å². The van der Waals surface area contributed by atoms with Crippen molar-refractivity contribution in [3.8, 4) is 0 Å². The number of urea groups is 1. The van der Waals surface area contributed by atoms with Crippen molar-refractivity contribution in [1.29, 1.82) is 0 Å². The van der Waals surface area contributed by atoms with Crippen LogP contribution in [-0.4, -0.2) is 28.3 Å². The van der Waals surface area contributed by atoms with Gasteiger partial charge in [-0.15, -0.1) is 0 Å². The van der Waals surface area contributed by atoms with Crippen molar-refractivity contribution in [3.63, 3.8) is 0 Å². The molecule has 7 nitrogen and oxygen atoms in total. The molecule has 2 aliphatic rings. The lowest BCUT2D eigenvalue weighted by Crippen LogP contribution is -2.45. The van der Waals surface area contributed by atoms with Gasteiger partial charge in [0.05, 0.1) is 6.54 Å². The van der Waals surface area contributed by atoms with Gasteiger partial charge in [-0.1, -0.05) is 99.9 Å². The molecule has 0 bridgehead atoms. The Balaban J connectivity index is 1.31. The summed E-state index contributed by atoms with van der Waals surface area (Å²) in [6.45, 7) is 3.35. The molecule has 1 heterocycles. The van der Waals surface area contributed by atoms with E-state index in [1.165, 1.54) is 32.1 Å². The second-order valence-corrected chi connectivity index (χ2v) is 11.1. The third-order valence-corrected chi connectivity index (χ3v) is 7.94. The number of nitrogens with two attached hydrogens (primary N) is 1. The lowest BCUT2D eigenvalue weighted by Gasteiger charge is -2.32. The fourth-order valence-electron chi connectivity index (χ4n) is 5.59. The molecule has 1 aliphatic carbocycles. The maximum Gasteiger partial charge on any atom is 0.315 e. The van der Waals surface area contributed by atoms with Crippen molar-refractivity contribution in [1.82, 2.24) is 15.5 Å². The fourth-order valence-corrected chi connectivity index (χ4v) is 5.80. The van der Waals surface area contributed by atoms with E-state index in [4.69, 9.17) is 22.3 Å². The molecule has 0 spiro atoms. The quantitative estimate of drug-likeness (QED) is 0.333. The molecule has 8 heteroatoms. The maximum absolute atomic E-state index is 13.7. The zero-order valence-corrected chi connectivity index (χ0v) is 23.1. The minimum absolute atomic E-state index is 0.0520. The van der Waals surface area contributed by atoms with Crippen molar-refractivity contribution in [3.05, 3.63) is 70.2 Å². The molecule has 2 aromatic carbocycles. The van der Waals surface area contributed by atoms with Gasteiger partial charge in [0.25, 0.3) is 5.91 Å². The Bertz CT molecular complexity index is 1130. The Hall–Kier alpha value is -3.06. The summed E-state index contributed by atoms with van der Waals surface area (Å²) in [5.41, 5.74) is 8.54. The van der Waals surface area contributed by atoms with Gasteiger partial charge in [0, 0.05) is 18.1 Å². The molecular weight excluding hydrogens is 498 g/mol. The van der Waals surface area contributed by atoms with Crippen molar-refractivity contribution in [2.45, 2.75) is 89.9 Å². The van der Waals surface area contributed by atoms with Gasteiger partial charge < -0.3 is 16.4 Å². The highest BCUT2D eigenvalue weighted by atomic mass is 35.5. The number of hydrogen-bond donors (Lipinski definition) is 3. The number of nitrogens with zero attached hydrogens (tertiary/aromatic N) is 2. The van der Waals surface area contributed by atoms with Crippen LogP contribution in [0.3, 0.4) is 0 Å². The molecule has 1 unspecified atom stereocenters. The first-order valence-corrected chi connectivity index (χ1v) is 14.3. The number of guanidine groups is 1. The summed E-state index contributed by atoms with van der Waals surface area (Å²) in [6, 6.07) is 15.0. The molecule has 204 valence electrons. The first-order chi connectivity index (χ1) is 18.4. The van der Waals surface area contributed by atoms with Crippen molar-refractivity contribution < 1.29 is 9.59 Å². The Morgan fingerprint density at radius 3 is 2.42 bits per heavy atom. The minimum Gasteiger partial charge on any atom is -0.369 e. The summed E-state index contributed by atoms with van der Waals surface area (Å²) >= 11 is 5.99. The Morgan fingerprint density at radius 2 is 1.74 bits per heavy atom. The van der Waals surface area contributed by atoms with Gasteiger partial charge in [-0.25, -0.2) is 9.79 Å². The SMILES string of the molecule is CCCCC1(CC2CCCCC2)N=C(N)N(Cc2ccc(CNC(=O)NCc3cccc(Cl)c3)cc2)C1=O. The first-order valence-electron chi connectivity index (χ1n) is 13.9. The van der Waals surface area contributed by atoms with Gasteiger partial charge in [-0.2, -0.15) is 0 Å². The molecule has 3 amide bonds. The van der Waals surface area contributed by atoms with Crippen LogP contribution in [0.25, 0.3) is 0 Å². The van der Waals surface area contributed by atoms with Crippen molar-refractivity contribution in [2.75, 3.05) is 0 Å². The molecule has 0 saturated heterocycles. The highest BCUT2D eigenvalue weighted by Gasteiger charge is 2.48. The minimum atomic E-state index is -0.704. The molecule has 4 rings (SSSR count). The largest absolute Gasteiger partial charge is 0.369 e. The maximum atomic E-state index is 13.7. The summed E-state index contributed by atoms with van der Waals surface area (Å²) in [5, 5.41) is 6.35. The monoisotopic (exact) mass is 537 g/mol. The number of benzene rings is 2. The van der Waals surface area contributed by atoms with Gasteiger partial charge >= 0.3 is 6.03 Å². The summed E-state index contributed by atoms with van der Waals surface area (Å²) < 4.78 is 0. The fraction of sp³-hybridized carbons (Fsp3) is 0.500. The van der Waals surface area contributed by atoms with E-state index in [9.17, 15) is 9.59 Å². The molecule has 4 N–H and O–H groups in total. The lowest BCUT2D eigenvalue weighted by molar-refractivity contribution is -0.132. The second-order valence-electron chi connectivity index (χ2n) is 10.7. The summed E-state index contributed by atoms with van der Waals surface area (Å²) in [7, 11) is 0. The van der Waals surface area contributed by atoms with E-state index in [2.05, 4.69) is 17.6 Å². The number of hydrogen-bond acceptors (Lipinski definition) is 4. The van der Waals surface area contributed by atoms with Gasteiger partial charge in [0.1, 0.15) is 5.54 Å². The number of unbranched alkanes of at least 4 members (excludes halogenated alkanes) is 1. The first kappa shape index (κ1) is 28.0. The average molecular weight is 538 g/mol. The van der Waals surface area contributed by atoms with Gasteiger partial charge in [0.15, 0.2) is 5.96 Å². The van der Waals surface area contributed by atoms with E-state index < -0.39 is 5.54 Å². The number of rotatable bonds is 11. The van der Waals surface area contributed by atoms with E-state index in [0.29, 0.717) is 36.5 Å². The van der Waals surface area contributed by atoms with Gasteiger partial charge in [0.2, 0.25) is 0 Å². The molecule has 0 radical (unpaired) electrons. The van der Waals surface area contributed by atoms with E-state index in [1.54, 1.807) is 11.0 Å². The average Bonchev–Trinajstić information content (AvgIpc) is 3.15. The zero-order chi connectivity index (χ0) is 27.0. The molecule has 1 saturated carbocycles. The van der Waals surface area contributed by atoms with E-state index >= 15 is 0 Å². The van der Waals surface area contributed by atoms with Crippen molar-refractivity contribution in [2.24, 2.45) is 16.6 Å². The molecular formula is C30H40ClN5O2. The summed E-state index contributed by atoms with van der Waals surface area (Å²) in [6.07, 6.45) is 9.74. The highest BCUT2D eigenvalue weighted by Crippen LogP contribution is 2.39. The number of halogens is 1. The Kier molecular flexibility index (Phi) is 9.67. The number of amides is 3. The summed E-state index contributed by atoms with van der Waals surface area (Å²) in [4.78, 5) is 32.4. The molecule has 1 aliphatic heterocycles. The number of nitrogens with one attached hydrogen (secondary N) is 2. The molecule has 38 heavy (non-hydrogen) atoms. The third-order valence-electron chi connectivity index (χ3n) is 7.70. The van der Waals surface area contributed by atoms with E-state index in [0.717, 1.165) is 42.4 Å². The van der Waals surface area contributed by atoms with Crippen LogP contribution in [-0.2, 0) is 24.4 Å². The molecule has 0 aromatic heterocycles. The topological polar surface area (TPSA) is 99.8 Å². The second kappa shape index (κ2) is 13.1. The highest BCUT2D eigenvalue weighted by molar-refractivity contribution is 6.30. The lowest BCUT2D eigenvalue weighted by atomic mass is 9.77. The Labute approximate surface area is 231 Å². The van der Waals surface area contributed by atoms with Crippen LogP contribution in [0.1, 0.15) is 81.4 Å².